The van der Waals surface area contributed by atoms with Crippen molar-refractivity contribution in [1.82, 2.24) is 5.32 Å². The van der Waals surface area contributed by atoms with E-state index in [2.05, 4.69) is 43.4 Å². The topological polar surface area (TPSA) is 129 Å². The van der Waals surface area contributed by atoms with Gasteiger partial charge in [-0.05, 0) is 75.3 Å². The van der Waals surface area contributed by atoms with Crippen LogP contribution in [0.2, 0.25) is 0 Å². The summed E-state index contributed by atoms with van der Waals surface area (Å²) >= 11 is 3.54. The van der Waals surface area contributed by atoms with Gasteiger partial charge in [0.15, 0.2) is 11.6 Å². The van der Waals surface area contributed by atoms with Gasteiger partial charge in [-0.25, -0.2) is 4.99 Å². The minimum Gasteiger partial charge on any atom is -0.494 e. The van der Waals surface area contributed by atoms with Crippen molar-refractivity contribution in [3.05, 3.63) is 164 Å². The summed E-state index contributed by atoms with van der Waals surface area (Å²) in [6, 6.07) is 38.0. The van der Waals surface area contributed by atoms with E-state index < -0.39 is 17.7 Å². The molecule has 0 fully saturated rings. The predicted molar refractivity (Wildman–Crippen MR) is 192 cm³/mol. The molecule has 0 aromatic heterocycles. The van der Waals surface area contributed by atoms with Crippen molar-refractivity contribution >= 4 is 33.4 Å². The number of fused-ring (bicyclic) bond motifs is 3. The first-order chi connectivity index (χ1) is 24.0. The van der Waals surface area contributed by atoms with Gasteiger partial charge in [0.2, 0.25) is 5.90 Å². The fraction of sp³-hybridized carbons (Fsp3) is 0.179. The van der Waals surface area contributed by atoms with Gasteiger partial charge in [0, 0.05) is 40.1 Å². The Morgan fingerprint density at radius 3 is 2.24 bits per heavy atom. The maximum absolute atomic E-state index is 15.2. The SMILES string of the molecule is [N-]=[N+]=Nc1ccccc1C[C@@]1(C(=O)NC2c3ccccc3-c3ccccc32)N=C(c2ccc(OCCCO)cc2)O[C@@H]1c1ccc(Br)cc1. The van der Waals surface area contributed by atoms with E-state index in [9.17, 15) is 5.53 Å². The molecule has 1 aliphatic heterocycles. The second-order valence-corrected chi connectivity index (χ2v) is 12.8. The number of ether oxygens (including phenoxy) is 2. The quantitative estimate of drug-likeness (QED) is 0.0615. The molecule has 0 saturated carbocycles. The third kappa shape index (κ3) is 6.29. The van der Waals surface area contributed by atoms with Gasteiger partial charge in [0.25, 0.3) is 5.91 Å². The van der Waals surface area contributed by atoms with Crippen LogP contribution in [-0.4, -0.2) is 35.7 Å². The highest BCUT2D eigenvalue weighted by atomic mass is 79.9. The zero-order valence-electron chi connectivity index (χ0n) is 26.4. The van der Waals surface area contributed by atoms with Crippen LogP contribution in [0.15, 0.2) is 136 Å². The molecule has 0 unspecified atom stereocenters. The minimum atomic E-state index is -1.51. The lowest BCUT2D eigenvalue weighted by Crippen LogP contribution is -2.50. The highest BCUT2D eigenvalue weighted by molar-refractivity contribution is 9.10. The molecule has 7 rings (SSSR count). The largest absolute Gasteiger partial charge is 0.494 e. The average molecular weight is 715 g/mol. The highest BCUT2D eigenvalue weighted by Crippen LogP contribution is 2.47. The molecule has 0 radical (unpaired) electrons. The van der Waals surface area contributed by atoms with Crippen LogP contribution in [0.25, 0.3) is 21.6 Å². The standard InChI is InChI=1S/C39H32BrN5O4/c40-28-18-14-25(15-19-28)36-39(24-27-8-1-6-13-34(27)44-45-41,43-37(49-36)26-16-20-29(21-17-26)48-23-7-22-46)38(47)42-35-32-11-4-2-9-30(32)31-10-3-5-12-33(31)35/h1-6,8-21,35-36,46H,7,22-24H2,(H,42,47)/t36-,39-/m1/s1. The zero-order chi connectivity index (χ0) is 33.8. The van der Waals surface area contributed by atoms with Crippen LogP contribution in [0.5, 0.6) is 5.75 Å². The number of nitrogens with zero attached hydrogens (tertiary/aromatic N) is 4. The van der Waals surface area contributed by atoms with Gasteiger partial charge in [0.1, 0.15) is 5.75 Å². The van der Waals surface area contributed by atoms with Crippen LogP contribution in [0.3, 0.4) is 0 Å². The first-order valence-corrected chi connectivity index (χ1v) is 16.8. The number of rotatable bonds is 11. The third-order valence-corrected chi connectivity index (χ3v) is 9.44. The van der Waals surface area contributed by atoms with Gasteiger partial charge in [-0.2, -0.15) is 0 Å². The number of carbonyl (C=O) groups excluding carboxylic acids is 1. The van der Waals surface area contributed by atoms with Gasteiger partial charge in [-0.1, -0.05) is 106 Å². The molecule has 9 nitrogen and oxygen atoms in total. The van der Waals surface area contributed by atoms with Crippen LogP contribution in [-0.2, 0) is 16.0 Å². The van der Waals surface area contributed by atoms with Gasteiger partial charge in [-0.3, -0.25) is 4.79 Å². The van der Waals surface area contributed by atoms with Crippen molar-refractivity contribution in [2.24, 2.45) is 10.1 Å². The fourth-order valence-electron chi connectivity index (χ4n) is 6.58. The molecule has 2 N–H and O–H groups in total. The Hall–Kier alpha value is -5.41. The first kappa shape index (κ1) is 32.2. The Kier molecular flexibility index (Phi) is 9.17. The van der Waals surface area contributed by atoms with Crippen molar-refractivity contribution in [2.45, 2.75) is 30.5 Å². The van der Waals surface area contributed by atoms with E-state index in [1.54, 1.807) is 12.1 Å². The summed E-state index contributed by atoms with van der Waals surface area (Å²) in [5, 5.41) is 16.5. The highest BCUT2D eigenvalue weighted by Gasteiger charge is 2.54. The van der Waals surface area contributed by atoms with Crippen molar-refractivity contribution < 1.29 is 19.4 Å². The van der Waals surface area contributed by atoms with E-state index >= 15 is 4.79 Å². The summed E-state index contributed by atoms with van der Waals surface area (Å²) in [5.41, 5.74) is 14.5. The molecule has 2 aliphatic rings. The molecule has 0 saturated heterocycles. The summed E-state index contributed by atoms with van der Waals surface area (Å²) < 4.78 is 13.3. The Bertz CT molecular complexity index is 2030. The molecule has 1 heterocycles. The molecule has 10 heteroatoms. The van der Waals surface area contributed by atoms with E-state index in [-0.39, 0.29) is 18.9 Å². The number of aliphatic hydroxyl groups is 1. The Balaban J connectivity index is 1.36. The number of amides is 1. The Morgan fingerprint density at radius 1 is 0.918 bits per heavy atom. The lowest BCUT2D eigenvalue weighted by molar-refractivity contribution is -0.129. The van der Waals surface area contributed by atoms with Gasteiger partial charge in [-0.15, -0.1) is 0 Å². The Labute approximate surface area is 292 Å². The van der Waals surface area contributed by atoms with Crippen molar-refractivity contribution in [1.29, 1.82) is 0 Å². The maximum atomic E-state index is 15.2. The van der Waals surface area contributed by atoms with Crippen LogP contribution >= 0.6 is 15.9 Å². The molecule has 5 aromatic rings. The first-order valence-electron chi connectivity index (χ1n) is 16.0. The number of aliphatic imine (C=N–C) groups is 1. The van der Waals surface area contributed by atoms with E-state index in [1.165, 1.54) is 0 Å². The number of halogens is 1. The van der Waals surface area contributed by atoms with Crippen LogP contribution in [0, 0.1) is 0 Å². The number of carbonyl (C=O) groups is 1. The van der Waals surface area contributed by atoms with Crippen molar-refractivity contribution in [3.8, 4) is 16.9 Å². The van der Waals surface area contributed by atoms with E-state index in [4.69, 9.17) is 19.6 Å². The summed E-state index contributed by atoms with van der Waals surface area (Å²) in [6.45, 7) is 0.436. The lowest BCUT2D eigenvalue weighted by atomic mass is 9.81. The molecule has 5 aromatic carbocycles. The van der Waals surface area contributed by atoms with Crippen molar-refractivity contribution in [3.63, 3.8) is 0 Å². The molecule has 2 atom stereocenters. The monoisotopic (exact) mass is 713 g/mol. The molecule has 1 amide bonds. The number of hydrogen-bond donors (Lipinski definition) is 2. The van der Waals surface area contributed by atoms with Crippen LogP contribution in [0.4, 0.5) is 5.69 Å². The summed E-state index contributed by atoms with van der Waals surface area (Å²) in [7, 11) is 0. The number of aliphatic hydroxyl groups excluding tert-OH is 1. The average Bonchev–Trinajstić information content (AvgIpc) is 3.67. The van der Waals surface area contributed by atoms with Gasteiger partial charge >= 0.3 is 0 Å². The fourth-order valence-corrected chi connectivity index (χ4v) is 6.85. The molecule has 49 heavy (non-hydrogen) atoms. The summed E-state index contributed by atoms with van der Waals surface area (Å²) in [5.74, 6) is 0.621. The lowest BCUT2D eigenvalue weighted by Gasteiger charge is -2.32. The molecular formula is C39H32BrN5O4. The second kappa shape index (κ2) is 14.0. The summed E-state index contributed by atoms with van der Waals surface area (Å²) in [4.78, 5) is 23.4. The molecular weight excluding hydrogens is 682 g/mol. The zero-order valence-corrected chi connectivity index (χ0v) is 28.0. The van der Waals surface area contributed by atoms with Crippen LogP contribution in [0.1, 0.15) is 46.4 Å². The number of benzene rings is 5. The number of hydrogen-bond acceptors (Lipinski definition) is 6. The maximum Gasteiger partial charge on any atom is 0.253 e. The third-order valence-electron chi connectivity index (χ3n) is 8.92. The Morgan fingerprint density at radius 2 is 1.57 bits per heavy atom. The predicted octanol–water partition coefficient (Wildman–Crippen LogP) is 8.54. The number of azide groups is 1. The second-order valence-electron chi connectivity index (χ2n) is 11.9. The van der Waals surface area contributed by atoms with Crippen molar-refractivity contribution in [2.75, 3.05) is 13.2 Å². The molecule has 0 spiro atoms. The van der Waals surface area contributed by atoms with E-state index in [0.29, 0.717) is 41.5 Å². The minimum absolute atomic E-state index is 0.0468. The molecule has 0 bridgehead atoms. The smallest absolute Gasteiger partial charge is 0.253 e. The molecule has 244 valence electrons. The van der Waals surface area contributed by atoms with Gasteiger partial charge in [0.05, 0.1) is 12.6 Å². The molecule has 1 aliphatic carbocycles. The van der Waals surface area contributed by atoms with E-state index in [1.807, 2.05) is 97.1 Å². The van der Waals surface area contributed by atoms with Gasteiger partial charge < -0.3 is 19.9 Å². The van der Waals surface area contributed by atoms with E-state index in [0.717, 1.165) is 32.3 Å². The van der Waals surface area contributed by atoms with Crippen LogP contribution < -0.4 is 10.1 Å². The summed E-state index contributed by atoms with van der Waals surface area (Å²) in [6.07, 6.45) is -0.212. The number of nitrogens with one attached hydrogen (secondary N) is 1. The normalized spacial score (nSPS) is 17.7.